The first-order chi connectivity index (χ1) is 19.1. The first-order valence-corrected chi connectivity index (χ1v) is 12.7. The topological polar surface area (TPSA) is 97.5 Å². The molecule has 2 aliphatic rings. The van der Waals surface area contributed by atoms with Gasteiger partial charge in [0.1, 0.15) is 24.7 Å². The van der Waals surface area contributed by atoms with E-state index >= 15 is 0 Å². The van der Waals surface area contributed by atoms with Gasteiger partial charge in [0.2, 0.25) is 0 Å². The van der Waals surface area contributed by atoms with E-state index in [9.17, 15) is 9.18 Å². The molecule has 0 spiro atoms. The van der Waals surface area contributed by atoms with Gasteiger partial charge in [-0.2, -0.15) is 0 Å². The number of hydrogen-bond donors (Lipinski definition) is 3. The highest BCUT2D eigenvalue weighted by Gasteiger charge is 2.33. The fourth-order valence-corrected chi connectivity index (χ4v) is 5.01. The summed E-state index contributed by atoms with van der Waals surface area (Å²) in [5, 5.41) is 6.31. The van der Waals surface area contributed by atoms with Gasteiger partial charge in [-0.15, -0.1) is 0 Å². The Morgan fingerprint density at radius 2 is 2.03 bits per heavy atom. The fourth-order valence-electron chi connectivity index (χ4n) is 5.01. The van der Waals surface area contributed by atoms with E-state index in [-0.39, 0.29) is 24.2 Å². The van der Waals surface area contributed by atoms with Crippen molar-refractivity contribution < 1.29 is 23.4 Å². The third-order valence-electron chi connectivity index (χ3n) is 6.88. The molecule has 0 radical (unpaired) electrons. The van der Waals surface area contributed by atoms with Gasteiger partial charge >= 0.3 is 0 Å². The number of fused-ring (bicyclic) bond motifs is 5. The molecule has 3 N–H and O–H groups in total. The summed E-state index contributed by atoms with van der Waals surface area (Å²) in [6, 6.07) is 14.2. The van der Waals surface area contributed by atoms with Gasteiger partial charge in [-0.25, -0.2) is 4.39 Å². The number of methoxy groups -OCH3 is 1. The van der Waals surface area contributed by atoms with Gasteiger partial charge in [-0.05, 0) is 42.3 Å². The van der Waals surface area contributed by atoms with Crippen LogP contribution in [0.15, 0.2) is 73.1 Å². The predicted molar refractivity (Wildman–Crippen MR) is 145 cm³/mol. The average molecular weight is 527 g/mol. The summed E-state index contributed by atoms with van der Waals surface area (Å²) in [7, 11) is 1.41. The van der Waals surface area contributed by atoms with E-state index in [2.05, 4.69) is 26.7 Å². The van der Waals surface area contributed by atoms with Crippen molar-refractivity contribution in [2.24, 2.45) is 0 Å². The Bertz CT molecular complexity index is 1560. The van der Waals surface area contributed by atoms with Crippen LogP contribution in [0.1, 0.15) is 34.0 Å². The van der Waals surface area contributed by atoms with E-state index < -0.39 is 5.82 Å². The number of nitrogens with zero attached hydrogens (tertiary/aromatic N) is 1. The van der Waals surface area contributed by atoms with Crippen molar-refractivity contribution in [1.82, 2.24) is 15.3 Å². The third-order valence-corrected chi connectivity index (χ3v) is 6.88. The Kier molecular flexibility index (Phi) is 6.62. The average Bonchev–Trinajstić information content (AvgIpc) is 3.33. The van der Waals surface area contributed by atoms with Crippen molar-refractivity contribution in [1.29, 1.82) is 0 Å². The smallest absolute Gasteiger partial charge is 0.255 e. The number of carbonyl (C=O) groups excluding carboxylic acids is 1. The Morgan fingerprint density at radius 3 is 2.92 bits per heavy atom. The second-order valence-electron chi connectivity index (χ2n) is 9.34. The summed E-state index contributed by atoms with van der Waals surface area (Å²) in [4.78, 5) is 21.1. The molecule has 39 heavy (non-hydrogen) atoms. The zero-order valence-corrected chi connectivity index (χ0v) is 21.3. The molecule has 2 aliphatic heterocycles. The molecule has 198 valence electrons. The number of halogens is 1. The van der Waals surface area contributed by atoms with Crippen molar-refractivity contribution in [3.8, 4) is 28.5 Å². The van der Waals surface area contributed by atoms with Crippen LogP contribution in [0.5, 0.6) is 17.2 Å². The first-order valence-electron chi connectivity index (χ1n) is 12.7. The van der Waals surface area contributed by atoms with E-state index in [0.717, 1.165) is 17.0 Å². The van der Waals surface area contributed by atoms with E-state index in [1.165, 1.54) is 13.2 Å². The number of anilines is 2. The van der Waals surface area contributed by atoms with Crippen molar-refractivity contribution in [3.63, 3.8) is 0 Å². The maximum atomic E-state index is 14.6. The van der Waals surface area contributed by atoms with Crippen LogP contribution in [0.25, 0.3) is 11.3 Å². The van der Waals surface area contributed by atoms with Crippen LogP contribution in [0, 0.1) is 5.82 Å². The number of amides is 1. The van der Waals surface area contributed by atoms with Gasteiger partial charge < -0.3 is 29.8 Å². The van der Waals surface area contributed by atoms with Gasteiger partial charge in [0.15, 0.2) is 11.6 Å². The van der Waals surface area contributed by atoms with Gasteiger partial charge in [-0.3, -0.25) is 9.78 Å². The van der Waals surface area contributed by atoms with Gasteiger partial charge in [0.25, 0.3) is 5.91 Å². The molecular formula is C30H27FN4O4. The molecule has 8 nitrogen and oxygen atoms in total. The monoisotopic (exact) mass is 526 g/mol. The number of hydrogen-bond acceptors (Lipinski definition) is 6. The summed E-state index contributed by atoms with van der Waals surface area (Å²) < 4.78 is 32.1. The minimum absolute atomic E-state index is 0.0138. The molecule has 1 amide bonds. The zero-order chi connectivity index (χ0) is 26.8. The van der Waals surface area contributed by atoms with Gasteiger partial charge in [0, 0.05) is 29.9 Å². The maximum absolute atomic E-state index is 14.6. The molecule has 9 heteroatoms. The van der Waals surface area contributed by atoms with Gasteiger partial charge in [0.05, 0.1) is 35.9 Å². The summed E-state index contributed by atoms with van der Waals surface area (Å²) in [5.41, 5.74) is 4.44. The highest BCUT2D eigenvalue weighted by molar-refractivity contribution is 6.07. The van der Waals surface area contributed by atoms with Crippen LogP contribution >= 0.6 is 0 Å². The number of carbonyl (C=O) groups is 1. The van der Waals surface area contributed by atoms with E-state index in [1.807, 2.05) is 36.4 Å². The highest BCUT2D eigenvalue weighted by Crippen LogP contribution is 2.44. The second kappa shape index (κ2) is 10.5. The predicted octanol–water partition coefficient (Wildman–Crippen LogP) is 5.71. The summed E-state index contributed by atoms with van der Waals surface area (Å²) in [6.07, 6.45) is 8.03. The normalized spacial score (nSPS) is 17.2. The van der Waals surface area contributed by atoms with Crippen LogP contribution in [-0.2, 0) is 6.61 Å². The van der Waals surface area contributed by atoms with Gasteiger partial charge in [-0.1, -0.05) is 30.4 Å². The largest absolute Gasteiger partial charge is 0.492 e. The summed E-state index contributed by atoms with van der Waals surface area (Å²) >= 11 is 0. The van der Waals surface area contributed by atoms with Crippen molar-refractivity contribution in [2.45, 2.75) is 18.9 Å². The lowest BCUT2D eigenvalue weighted by Gasteiger charge is -2.23. The fraction of sp³-hybridized carbons (Fsp3) is 0.200. The Balaban J connectivity index is 1.52. The number of benzene rings is 2. The lowest BCUT2D eigenvalue weighted by molar-refractivity contribution is 0.0941. The molecule has 2 aromatic heterocycles. The van der Waals surface area contributed by atoms with Crippen LogP contribution in [0.3, 0.4) is 0 Å². The number of allylic oxidation sites excluding steroid dienone is 1. The number of aromatic nitrogens is 2. The lowest BCUT2D eigenvalue weighted by Crippen LogP contribution is -2.34. The van der Waals surface area contributed by atoms with Crippen molar-refractivity contribution in [2.75, 3.05) is 25.6 Å². The van der Waals surface area contributed by atoms with Crippen LogP contribution < -0.4 is 24.8 Å². The molecule has 6 rings (SSSR count). The molecular weight excluding hydrogens is 499 g/mol. The number of pyridine rings is 1. The third kappa shape index (κ3) is 4.79. The number of para-hydroxylation sites is 1. The minimum Gasteiger partial charge on any atom is -0.492 e. The summed E-state index contributed by atoms with van der Waals surface area (Å²) in [5.74, 6) is 0.594. The van der Waals surface area contributed by atoms with Crippen molar-refractivity contribution in [3.05, 3.63) is 95.7 Å². The van der Waals surface area contributed by atoms with Crippen molar-refractivity contribution >= 4 is 17.3 Å². The summed E-state index contributed by atoms with van der Waals surface area (Å²) in [6.45, 7) is 1.18. The molecule has 1 unspecified atom stereocenters. The van der Waals surface area contributed by atoms with Crippen LogP contribution in [-0.4, -0.2) is 36.1 Å². The van der Waals surface area contributed by atoms with E-state index in [4.69, 9.17) is 14.2 Å². The number of ether oxygens (including phenoxy) is 3. The highest BCUT2D eigenvalue weighted by atomic mass is 19.1. The van der Waals surface area contributed by atoms with Crippen LogP contribution in [0.4, 0.5) is 15.8 Å². The number of nitrogens with one attached hydrogen (secondary N) is 3. The Hall–Kier alpha value is -4.79. The van der Waals surface area contributed by atoms with E-state index in [1.54, 1.807) is 24.5 Å². The molecule has 0 aliphatic carbocycles. The molecule has 0 fully saturated rings. The molecule has 4 heterocycles. The quantitative estimate of drug-likeness (QED) is 0.296. The second-order valence-corrected chi connectivity index (χ2v) is 9.34. The molecule has 4 aromatic rings. The Morgan fingerprint density at radius 1 is 1.13 bits per heavy atom. The molecule has 2 aromatic carbocycles. The first kappa shape index (κ1) is 24.5. The number of rotatable bonds is 3. The molecule has 0 saturated heterocycles. The zero-order valence-electron chi connectivity index (χ0n) is 21.3. The molecule has 1 atom stereocenters. The van der Waals surface area contributed by atoms with E-state index in [0.29, 0.717) is 53.5 Å². The standard InChI is InChI=1S/C30H27FN4O4/c1-37-29-22(31)9-5-10-23(29)34-28-25-26-19(15-33-30(25)36)7-2-3-13-38-20-8-4-6-18(14-20)17-39-24-16-32-12-11-21(24)27(28)35-26/h2-6,8-12,14,16,19,34-35H,7,13,15,17H2,1H3,(H,33,36)/b3-2+. The van der Waals surface area contributed by atoms with Crippen LogP contribution in [0.2, 0.25) is 0 Å². The minimum atomic E-state index is -0.510. The maximum Gasteiger partial charge on any atom is 0.255 e. The lowest BCUT2D eigenvalue weighted by atomic mass is 9.93. The Labute approximate surface area is 224 Å². The SMILES string of the molecule is COc1c(F)cccc1Nc1c2[nH]c3c1C(=O)NCC3C/C=C/COc1cccc(c1)COc1cnccc1-2. The number of aromatic amines is 1. The number of H-pyrrole nitrogens is 1. The molecule has 4 bridgehead atoms. The molecule has 0 saturated carbocycles.